The second kappa shape index (κ2) is 20.2. The van der Waals surface area contributed by atoms with Crippen molar-refractivity contribution in [3.63, 3.8) is 0 Å². The van der Waals surface area contributed by atoms with Crippen LogP contribution in [-0.4, -0.2) is 88.6 Å². The van der Waals surface area contributed by atoms with Crippen molar-refractivity contribution in [2.45, 2.75) is 128 Å². The Morgan fingerprint density at radius 3 is 2.25 bits per heavy atom. The number of aliphatic hydroxyl groups excluding tert-OH is 1. The summed E-state index contributed by atoms with van der Waals surface area (Å²) in [6.45, 7) is 9.28. The summed E-state index contributed by atoms with van der Waals surface area (Å²) >= 11 is 0. The maximum atomic E-state index is 15.6. The molecule has 4 amide bonds. The summed E-state index contributed by atoms with van der Waals surface area (Å²) in [4.78, 5) is 70.8. The first kappa shape index (κ1) is 44.4. The molecule has 308 valence electrons. The van der Waals surface area contributed by atoms with Gasteiger partial charge in [0.05, 0.1) is 37.1 Å². The molecule has 0 spiro atoms. The monoisotopic (exact) mass is 777 g/mol. The molecule has 56 heavy (non-hydrogen) atoms. The number of fused-ring (bicyclic) bond motifs is 1. The molecule has 4 rings (SSSR count). The van der Waals surface area contributed by atoms with Gasteiger partial charge in [0, 0.05) is 19.0 Å². The van der Waals surface area contributed by atoms with Crippen molar-refractivity contribution in [2.24, 2.45) is 23.5 Å². The van der Waals surface area contributed by atoms with E-state index in [0.29, 0.717) is 29.8 Å². The number of carbonyl (C=O) groups is 5. The fourth-order valence-corrected chi connectivity index (χ4v) is 8.47. The molecule has 7 N–H and O–H groups in total. The number of likely N-dealkylation sites (N-methyl/N-ethyl adjacent to an activating group) is 1. The molecule has 2 aliphatic rings. The zero-order chi connectivity index (χ0) is 41.2. The van der Waals surface area contributed by atoms with Gasteiger partial charge in [-0.05, 0) is 67.3 Å². The number of nitrogens with zero attached hydrogens (tertiary/aromatic N) is 1. The minimum Gasteiger partial charge on any atom is -0.493 e. The number of carboxylic acid groups (broad SMARTS) is 1. The van der Waals surface area contributed by atoms with Crippen LogP contribution in [0.4, 0.5) is 0 Å². The van der Waals surface area contributed by atoms with E-state index in [1.807, 2.05) is 58.0 Å². The second-order valence-electron chi connectivity index (χ2n) is 16.5. The maximum absolute atomic E-state index is 15.6. The summed E-state index contributed by atoms with van der Waals surface area (Å²) < 4.78 is 6.19. The Bertz CT molecular complexity index is 1660. The molecule has 0 bridgehead atoms. The second-order valence-corrected chi connectivity index (χ2v) is 16.5. The Hall–Kier alpha value is -4.33. The summed E-state index contributed by atoms with van der Waals surface area (Å²) in [5, 5.41) is 30.5. The van der Waals surface area contributed by atoms with Crippen LogP contribution in [0.1, 0.15) is 115 Å². The highest BCUT2D eigenvalue weighted by Gasteiger charge is 2.58. The zero-order valence-electron chi connectivity index (χ0n) is 33.9. The van der Waals surface area contributed by atoms with Gasteiger partial charge in [-0.25, -0.2) is 0 Å². The van der Waals surface area contributed by atoms with Gasteiger partial charge in [-0.15, -0.1) is 0 Å². The molecule has 2 aromatic carbocycles. The number of hydrogen-bond acceptors (Lipinski definition) is 9. The normalized spacial score (nSPS) is 18.9. The van der Waals surface area contributed by atoms with E-state index >= 15 is 4.79 Å². The Morgan fingerprint density at radius 2 is 1.66 bits per heavy atom. The van der Waals surface area contributed by atoms with E-state index in [4.69, 9.17) is 10.5 Å². The van der Waals surface area contributed by atoms with Crippen LogP contribution in [-0.2, 0) is 30.4 Å². The van der Waals surface area contributed by atoms with Crippen molar-refractivity contribution in [3.8, 4) is 5.75 Å². The van der Waals surface area contributed by atoms with Gasteiger partial charge in [-0.2, -0.15) is 0 Å². The lowest BCUT2D eigenvalue weighted by molar-refractivity contribution is -0.162. The summed E-state index contributed by atoms with van der Waals surface area (Å²) in [6.07, 6.45) is 3.92. The minimum absolute atomic E-state index is 0.00455. The molecule has 1 aliphatic heterocycles. The smallest absolute Gasteiger partial charge is 0.325 e. The summed E-state index contributed by atoms with van der Waals surface area (Å²) in [5.74, 6) is -4.04. The standard InChI is InChI=1S/C43H63N5O8/c1-26(2)23-43(48(28(5)49)40(52)34(44)19-29-13-9-7-10-14-29,33-25-56-37-18-17-31(21-32(33)37)39(45-6)41(53)54)42(55)47-35(20-30-15-11-8-12-16-30)36(50)22-38(51)46-24-27(3)4/h7,9-10,13-14,17-18,21,26-27,30,33-36,39,45,50H,8,11-12,15-16,19-20,22-25,44H2,1-6H3,(H,46,51)(H,47,55)(H,53,54)/t33?,34?,35-,36-,39-,43-/m0/s1. The first-order valence-electron chi connectivity index (χ1n) is 20.2. The Labute approximate surface area is 331 Å². The molecule has 13 nitrogen and oxygen atoms in total. The van der Waals surface area contributed by atoms with Crippen LogP contribution < -0.4 is 26.4 Å². The molecular weight excluding hydrogens is 714 g/mol. The highest BCUT2D eigenvalue weighted by atomic mass is 16.5. The molecule has 1 fully saturated rings. The van der Waals surface area contributed by atoms with Crippen molar-refractivity contribution in [2.75, 3.05) is 20.2 Å². The molecule has 2 unspecified atom stereocenters. The van der Waals surface area contributed by atoms with E-state index in [0.717, 1.165) is 42.6 Å². The van der Waals surface area contributed by atoms with Gasteiger partial charge in [0.2, 0.25) is 23.6 Å². The number of nitrogens with two attached hydrogens (primary N) is 1. The molecule has 6 atom stereocenters. The molecule has 1 saturated carbocycles. The van der Waals surface area contributed by atoms with E-state index < -0.39 is 59.4 Å². The van der Waals surface area contributed by atoms with Gasteiger partial charge in [0.1, 0.15) is 17.3 Å². The molecule has 2 aromatic rings. The quantitative estimate of drug-likeness (QED) is 0.120. The van der Waals surface area contributed by atoms with Crippen LogP contribution in [0, 0.1) is 17.8 Å². The number of rotatable bonds is 19. The molecule has 0 saturated heterocycles. The summed E-state index contributed by atoms with van der Waals surface area (Å²) in [7, 11) is 1.53. The summed E-state index contributed by atoms with van der Waals surface area (Å²) in [5.41, 5.74) is 6.32. The Kier molecular flexibility index (Phi) is 16.0. The van der Waals surface area contributed by atoms with Crippen molar-refractivity contribution >= 4 is 29.6 Å². The van der Waals surface area contributed by atoms with Crippen molar-refractivity contribution in [3.05, 3.63) is 65.2 Å². The van der Waals surface area contributed by atoms with Crippen LogP contribution in [0.3, 0.4) is 0 Å². The fraction of sp³-hybridized carbons (Fsp3) is 0.605. The van der Waals surface area contributed by atoms with Gasteiger partial charge in [-0.1, -0.05) is 96.2 Å². The lowest BCUT2D eigenvalue weighted by Gasteiger charge is -2.47. The topological polar surface area (TPSA) is 200 Å². The lowest BCUT2D eigenvalue weighted by Crippen LogP contribution is -2.69. The van der Waals surface area contributed by atoms with E-state index in [1.165, 1.54) is 14.0 Å². The molecule has 13 heteroatoms. The van der Waals surface area contributed by atoms with Gasteiger partial charge >= 0.3 is 5.97 Å². The number of hydrogen-bond donors (Lipinski definition) is 6. The fourth-order valence-electron chi connectivity index (χ4n) is 8.47. The average molecular weight is 778 g/mol. The van der Waals surface area contributed by atoms with E-state index in [2.05, 4.69) is 16.0 Å². The maximum Gasteiger partial charge on any atom is 0.325 e. The molecular formula is C43H63N5O8. The number of carbonyl (C=O) groups excluding carboxylic acids is 4. The number of amides is 4. The van der Waals surface area contributed by atoms with Crippen molar-refractivity contribution in [1.82, 2.24) is 20.9 Å². The number of carboxylic acids is 1. The molecule has 0 aromatic heterocycles. The number of benzene rings is 2. The minimum atomic E-state index is -1.95. The van der Waals surface area contributed by atoms with Crippen LogP contribution in [0.25, 0.3) is 0 Å². The van der Waals surface area contributed by atoms with E-state index in [9.17, 15) is 29.4 Å². The first-order chi connectivity index (χ1) is 26.6. The van der Waals surface area contributed by atoms with Gasteiger partial charge in [0.15, 0.2) is 0 Å². The highest BCUT2D eigenvalue weighted by molar-refractivity contribution is 6.04. The lowest BCUT2D eigenvalue weighted by atomic mass is 9.71. The molecule has 1 aliphatic carbocycles. The predicted octanol–water partition coefficient (Wildman–Crippen LogP) is 4.22. The van der Waals surface area contributed by atoms with Crippen LogP contribution in [0.15, 0.2) is 48.5 Å². The van der Waals surface area contributed by atoms with Crippen molar-refractivity contribution < 1.29 is 38.9 Å². The third-order valence-corrected chi connectivity index (χ3v) is 11.1. The van der Waals surface area contributed by atoms with Gasteiger partial charge in [0.25, 0.3) is 0 Å². The number of nitrogens with one attached hydrogen (secondary N) is 3. The van der Waals surface area contributed by atoms with Gasteiger partial charge in [-0.3, -0.25) is 28.9 Å². The third-order valence-electron chi connectivity index (χ3n) is 11.1. The van der Waals surface area contributed by atoms with Crippen molar-refractivity contribution in [1.29, 1.82) is 0 Å². The first-order valence-corrected chi connectivity index (χ1v) is 20.2. The van der Waals surface area contributed by atoms with Crippen LogP contribution in [0.2, 0.25) is 0 Å². The predicted molar refractivity (Wildman–Crippen MR) is 214 cm³/mol. The number of imide groups is 1. The Balaban J connectivity index is 1.89. The number of aliphatic carboxylic acids is 1. The van der Waals surface area contributed by atoms with E-state index in [1.54, 1.807) is 18.2 Å². The van der Waals surface area contributed by atoms with E-state index in [-0.39, 0.29) is 49.5 Å². The number of ether oxygens (including phenoxy) is 1. The van der Waals surface area contributed by atoms with Gasteiger partial charge < -0.3 is 36.6 Å². The Morgan fingerprint density at radius 1 is 0.982 bits per heavy atom. The SMILES string of the molecule is CN[C@H](C(=O)O)c1ccc2c(c1)C([C@@](CC(C)C)(C(=O)N[C@@H](CC1CCCCC1)[C@@H](O)CC(=O)NCC(C)C)N(C(C)=O)C(=O)C(N)Cc1ccccc1)CO2. The molecule has 1 heterocycles. The van der Waals surface area contributed by atoms with Crippen LogP contribution >= 0.6 is 0 Å². The summed E-state index contributed by atoms with van der Waals surface area (Å²) in [6, 6.07) is 10.9. The molecule has 0 radical (unpaired) electrons. The average Bonchev–Trinajstić information content (AvgIpc) is 3.57. The number of aliphatic hydroxyl groups is 1. The third kappa shape index (κ3) is 10.9. The zero-order valence-corrected chi connectivity index (χ0v) is 33.9. The largest absolute Gasteiger partial charge is 0.493 e. The van der Waals surface area contributed by atoms with Crippen LogP contribution in [0.5, 0.6) is 5.75 Å². The highest BCUT2D eigenvalue weighted by Crippen LogP contribution is 2.47.